The van der Waals surface area contributed by atoms with Gasteiger partial charge in [-0.1, -0.05) is 5.16 Å². The summed E-state index contributed by atoms with van der Waals surface area (Å²) in [5, 5.41) is 12.6. The maximum absolute atomic E-state index is 10.9. The van der Waals surface area contributed by atoms with E-state index in [4.69, 9.17) is 9.63 Å². The molecule has 1 N–H and O–H groups in total. The van der Waals surface area contributed by atoms with Gasteiger partial charge in [-0.25, -0.2) is 4.79 Å². The highest BCUT2D eigenvalue weighted by molar-refractivity contribution is 7.12. The predicted molar refractivity (Wildman–Crippen MR) is 58.9 cm³/mol. The molecule has 16 heavy (non-hydrogen) atoms. The summed E-state index contributed by atoms with van der Waals surface area (Å²) in [5.74, 6) is -0.372. The van der Waals surface area contributed by atoms with Gasteiger partial charge >= 0.3 is 5.97 Å². The Labute approximate surface area is 95.5 Å². The lowest BCUT2D eigenvalue weighted by molar-refractivity contribution is 0.0685. The van der Waals surface area contributed by atoms with Gasteiger partial charge < -0.3 is 9.63 Å². The van der Waals surface area contributed by atoms with E-state index in [9.17, 15) is 4.79 Å². The van der Waals surface area contributed by atoms with Gasteiger partial charge in [0.2, 0.25) is 0 Å². The highest BCUT2D eigenvalue weighted by atomic mass is 32.1. The highest BCUT2D eigenvalue weighted by Crippen LogP contribution is 2.39. The largest absolute Gasteiger partial charge is 0.476 e. The summed E-state index contributed by atoms with van der Waals surface area (Å²) in [5.41, 5.74) is 1.81. The van der Waals surface area contributed by atoms with E-state index in [0.29, 0.717) is 12.2 Å². The molecule has 0 saturated carbocycles. The minimum absolute atomic E-state index is 0.0597. The summed E-state index contributed by atoms with van der Waals surface area (Å²) < 4.78 is 5.16. The number of thiophene rings is 1. The van der Waals surface area contributed by atoms with Crippen LogP contribution in [0.25, 0.3) is 11.3 Å². The quantitative estimate of drug-likeness (QED) is 0.824. The normalized spacial score (nSPS) is 13.3. The molecule has 0 aromatic carbocycles. The van der Waals surface area contributed by atoms with Gasteiger partial charge in [-0.3, -0.25) is 0 Å². The lowest BCUT2D eigenvalue weighted by atomic mass is 9.95. The van der Waals surface area contributed by atoms with Crippen molar-refractivity contribution >= 4 is 17.3 Å². The maximum atomic E-state index is 10.9. The monoisotopic (exact) mass is 235 g/mol. The lowest BCUT2D eigenvalue weighted by Crippen LogP contribution is -2.05. The molecule has 2 aromatic heterocycles. The van der Waals surface area contributed by atoms with Crippen molar-refractivity contribution in [3.8, 4) is 11.3 Å². The van der Waals surface area contributed by atoms with E-state index in [0.717, 1.165) is 17.5 Å². The first-order valence-corrected chi connectivity index (χ1v) is 5.80. The summed E-state index contributed by atoms with van der Waals surface area (Å²) in [6.45, 7) is 2.04. The molecular weight excluding hydrogens is 226 g/mol. The Bertz CT molecular complexity index is 582. The fraction of sp³-hybridized carbons (Fsp3) is 0.273. The average molecular weight is 235 g/mol. The van der Waals surface area contributed by atoms with Gasteiger partial charge in [-0.05, 0) is 25.8 Å². The molecule has 1 aliphatic carbocycles. The van der Waals surface area contributed by atoms with Crippen LogP contribution in [0.2, 0.25) is 0 Å². The van der Waals surface area contributed by atoms with Gasteiger partial charge in [0.15, 0.2) is 11.5 Å². The molecule has 0 aliphatic heterocycles. The van der Waals surface area contributed by atoms with Crippen molar-refractivity contribution in [3.05, 3.63) is 27.1 Å². The number of hydrogen-bond acceptors (Lipinski definition) is 4. The van der Waals surface area contributed by atoms with Crippen LogP contribution < -0.4 is 0 Å². The Kier molecular flexibility index (Phi) is 1.91. The number of aryl methyl sites for hydroxylation is 2. The van der Waals surface area contributed by atoms with Gasteiger partial charge in [-0.2, -0.15) is 0 Å². The Hall–Kier alpha value is -1.62. The van der Waals surface area contributed by atoms with Crippen LogP contribution in [0, 0.1) is 6.92 Å². The molecule has 2 heterocycles. The van der Waals surface area contributed by atoms with Crippen molar-refractivity contribution in [2.45, 2.75) is 19.8 Å². The van der Waals surface area contributed by atoms with Crippen LogP contribution in [0.15, 0.2) is 10.6 Å². The van der Waals surface area contributed by atoms with Gasteiger partial charge in [0, 0.05) is 20.9 Å². The van der Waals surface area contributed by atoms with E-state index in [1.807, 2.05) is 13.0 Å². The standard InChI is InChI=1S/C11H9NO3S/c1-5-4-7-8(16-5)3-2-6-9(11(13)14)12-15-10(6)7/h4H,2-3H2,1H3,(H,13,14). The molecule has 0 atom stereocenters. The van der Waals surface area contributed by atoms with Gasteiger partial charge in [0.1, 0.15) is 0 Å². The second kappa shape index (κ2) is 3.18. The third-order valence-corrected chi connectivity index (χ3v) is 3.88. The summed E-state index contributed by atoms with van der Waals surface area (Å²) in [6, 6.07) is 2.04. The van der Waals surface area contributed by atoms with Crippen LogP contribution in [0.1, 0.15) is 25.8 Å². The molecule has 0 bridgehead atoms. The molecular formula is C11H9NO3S. The molecule has 0 spiro atoms. The smallest absolute Gasteiger partial charge is 0.358 e. The minimum atomic E-state index is -1.01. The zero-order valence-corrected chi connectivity index (χ0v) is 9.43. The van der Waals surface area contributed by atoms with Crippen LogP contribution >= 0.6 is 11.3 Å². The van der Waals surface area contributed by atoms with Gasteiger partial charge in [-0.15, -0.1) is 11.3 Å². The fourth-order valence-electron chi connectivity index (χ4n) is 2.10. The van der Waals surface area contributed by atoms with Crippen LogP contribution in [0.5, 0.6) is 0 Å². The summed E-state index contributed by atoms with van der Waals surface area (Å²) >= 11 is 1.74. The Balaban J connectivity index is 2.22. The van der Waals surface area contributed by atoms with Crippen LogP contribution in [0.4, 0.5) is 0 Å². The topological polar surface area (TPSA) is 63.3 Å². The molecule has 5 heteroatoms. The van der Waals surface area contributed by atoms with Crippen molar-refractivity contribution < 1.29 is 14.4 Å². The second-order valence-electron chi connectivity index (χ2n) is 3.84. The van der Waals surface area contributed by atoms with Crippen LogP contribution in [-0.4, -0.2) is 16.2 Å². The van der Waals surface area contributed by atoms with Crippen molar-refractivity contribution in [1.82, 2.24) is 5.16 Å². The molecule has 2 aromatic rings. The van der Waals surface area contributed by atoms with Gasteiger partial charge in [0.25, 0.3) is 0 Å². The van der Waals surface area contributed by atoms with E-state index >= 15 is 0 Å². The Morgan fingerprint density at radius 1 is 1.56 bits per heavy atom. The summed E-state index contributed by atoms with van der Waals surface area (Å²) in [4.78, 5) is 13.4. The fourth-order valence-corrected chi connectivity index (χ4v) is 3.13. The van der Waals surface area contributed by atoms with Crippen molar-refractivity contribution in [3.63, 3.8) is 0 Å². The lowest BCUT2D eigenvalue weighted by Gasteiger charge is -2.08. The third kappa shape index (κ3) is 1.21. The summed E-state index contributed by atoms with van der Waals surface area (Å²) in [6.07, 6.45) is 1.58. The number of fused-ring (bicyclic) bond motifs is 3. The molecule has 0 saturated heterocycles. The van der Waals surface area contributed by atoms with Crippen molar-refractivity contribution in [1.29, 1.82) is 0 Å². The zero-order valence-electron chi connectivity index (χ0n) is 8.61. The van der Waals surface area contributed by atoms with E-state index in [1.165, 1.54) is 9.75 Å². The molecule has 0 unspecified atom stereocenters. The Morgan fingerprint density at radius 2 is 2.38 bits per heavy atom. The number of hydrogen-bond donors (Lipinski definition) is 1. The van der Waals surface area contributed by atoms with Crippen LogP contribution in [0.3, 0.4) is 0 Å². The average Bonchev–Trinajstić information content (AvgIpc) is 2.77. The SMILES string of the molecule is Cc1cc2c(s1)CCc1c(C(=O)O)noc1-2. The number of carbonyl (C=O) groups is 1. The summed E-state index contributed by atoms with van der Waals surface area (Å²) in [7, 11) is 0. The molecule has 3 rings (SSSR count). The number of aromatic carboxylic acids is 1. The molecule has 0 radical (unpaired) electrons. The minimum Gasteiger partial charge on any atom is -0.476 e. The number of carboxylic acids is 1. The second-order valence-corrected chi connectivity index (χ2v) is 5.18. The van der Waals surface area contributed by atoms with Crippen molar-refractivity contribution in [2.24, 2.45) is 0 Å². The number of rotatable bonds is 1. The molecule has 1 aliphatic rings. The first-order valence-electron chi connectivity index (χ1n) is 4.98. The van der Waals surface area contributed by atoms with Crippen molar-refractivity contribution in [2.75, 3.05) is 0 Å². The van der Waals surface area contributed by atoms with E-state index in [-0.39, 0.29) is 5.69 Å². The molecule has 82 valence electrons. The first kappa shape index (κ1) is 9.59. The third-order valence-electron chi connectivity index (χ3n) is 2.77. The van der Waals surface area contributed by atoms with Gasteiger partial charge in [0.05, 0.1) is 0 Å². The Morgan fingerprint density at radius 3 is 3.12 bits per heavy atom. The number of aromatic nitrogens is 1. The predicted octanol–water partition coefficient (Wildman–Crippen LogP) is 2.51. The number of carboxylic acid groups (broad SMARTS) is 1. The number of nitrogens with zero attached hydrogens (tertiary/aromatic N) is 1. The molecule has 0 amide bonds. The van der Waals surface area contributed by atoms with E-state index in [1.54, 1.807) is 11.3 Å². The highest BCUT2D eigenvalue weighted by Gasteiger charge is 2.28. The first-order chi connectivity index (χ1) is 7.66. The van der Waals surface area contributed by atoms with E-state index < -0.39 is 5.97 Å². The van der Waals surface area contributed by atoms with E-state index in [2.05, 4.69) is 5.16 Å². The molecule has 4 nitrogen and oxygen atoms in total. The van der Waals surface area contributed by atoms with Crippen LogP contribution in [-0.2, 0) is 12.8 Å². The zero-order chi connectivity index (χ0) is 11.3. The molecule has 0 fully saturated rings. The maximum Gasteiger partial charge on any atom is 0.358 e.